The van der Waals surface area contributed by atoms with E-state index in [1.807, 2.05) is 0 Å². The highest BCUT2D eigenvalue weighted by atomic mass is 127. The Morgan fingerprint density at radius 1 is 1.36 bits per heavy atom. The van der Waals surface area contributed by atoms with Crippen LogP contribution in [0.4, 0.5) is 0 Å². The predicted octanol–water partition coefficient (Wildman–Crippen LogP) is 2.02. The van der Waals surface area contributed by atoms with E-state index in [9.17, 15) is 8.42 Å². The lowest BCUT2D eigenvalue weighted by molar-refractivity contribution is 0.414. The van der Waals surface area contributed by atoms with E-state index in [0.717, 1.165) is 0 Å². The van der Waals surface area contributed by atoms with Crippen LogP contribution in [0.2, 0.25) is 0 Å². The number of halogens is 1. The van der Waals surface area contributed by atoms with Crippen LogP contribution in [0.25, 0.3) is 0 Å². The average molecular weight is 328 g/mol. The molecule has 0 radical (unpaired) electrons. The van der Waals surface area contributed by atoms with Crippen LogP contribution in [0.1, 0.15) is 8.82 Å². The maximum atomic E-state index is 10.8. The van der Waals surface area contributed by atoms with Gasteiger partial charge in [-0.15, -0.1) is 0 Å². The van der Waals surface area contributed by atoms with E-state index in [1.54, 1.807) is 46.9 Å². The second-order valence-electron chi connectivity index (χ2n) is 2.60. The molecule has 0 bridgehead atoms. The molecule has 0 spiro atoms. The third kappa shape index (κ3) is 2.82. The smallest absolute Gasteiger partial charge is 0.281 e. The first kappa shape index (κ1) is 11.7. The Hall–Kier alpha value is -0.340. The van der Waals surface area contributed by atoms with Gasteiger partial charge in [-0.25, -0.2) is 0 Å². The summed E-state index contributed by atoms with van der Waals surface area (Å²) in [4.78, 5) is 0. The number of hydrogen-bond acceptors (Lipinski definition) is 3. The third-order valence-electron chi connectivity index (χ3n) is 1.64. The van der Waals surface area contributed by atoms with Crippen LogP contribution in [0, 0.1) is 0 Å². The van der Waals surface area contributed by atoms with Crippen molar-refractivity contribution in [3.63, 3.8) is 0 Å². The van der Waals surface area contributed by atoms with Gasteiger partial charge >= 0.3 is 0 Å². The molecule has 4 nitrogen and oxygen atoms in total. The lowest BCUT2D eigenvalue weighted by atomic mass is 10.2. The molecule has 14 heavy (non-hydrogen) atoms. The maximum Gasteiger partial charge on any atom is 0.281 e. The molecular formula is C8H9IO4S. The van der Waals surface area contributed by atoms with E-state index in [0.29, 0.717) is 11.3 Å². The minimum atomic E-state index is -4.03. The van der Waals surface area contributed by atoms with Gasteiger partial charge in [-0.05, 0) is 17.7 Å². The van der Waals surface area contributed by atoms with Crippen molar-refractivity contribution < 1.29 is 17.7 Å². The summed E-state index contributed by atoms with van der Waals surface area (Å²) in [6.45, 7) is 0. The molecule has 0 aliphatic carbocycles. The Kier molecular flexibility index (Phi) is 3.73. The molecule has 0 saturated heterocycles. The van der Waals surface area contributed by atoms with Crippen LogP contribution in [0.5, 0.6) is 5.75 Å². The largest absolute Gasteiger partial charge is 0.497 e. The third-order valence-corrected chi connectivity index (χ3v) is 5.08. The van der Waals surface area contributed by atoms with Gasteiger partial charge in [0.2, 0.25) is 0 Å². The molecule has 1 aromatic carbocycles. The highest BCUT2D eigenvalue weighted by molar-refractivity contribution is 14.1. The summed E-state index contributed by atoms with van der Waals surface area (Å²) in [7, 11) is -2.50. The van der Waals surface area contributed by atoms with Crippen LogP contribution < -0.4 is 4.74 Å². The number of rotatable bonds is 3. The molecule has 0 saturated carbocycles. The highest BCUT2D eigenvalue weighted by Gasteiger charge is 2.20. The van der Waals surface area contributed by atoms with Gasteiger partial charge < -0.3 is 4.74 Å². The predicted molar refractivity (Wildman–Crippen MR) is 61.3 cm³/mol. The molecule has 1 atom stereocenters. The summed E-state index contributed by atoms with van der Waals surface area (Å²) >= 11 is 1.66. The quantitative estimate of drug-likeness (QED) is 0.524. The first-order valence-corrected chi connectivity index (χ1v) is 6.44. The van der Waals surface area contributed by atoms with Gasteiger partial charge in [0.25, 0.3) is 10.1 Å². The van der Waals surface area contributed by atoms with E-state index in [4.69, 9.17) is 9.29 Å². The second kappa shape index (κ2) is 4.45. The van der Waals surface area contributed by atoms with Crippen molar-refractivity contribution in [1.82, 2.24) is 0 Å². The number of hydrogen-bond donors (Lipinski definition) is 1. The van der Waals surface area contributed by atoms with Crippen molar-refractivity contribution in [2.75, 3.05) is 7.11 Å². The van der Waals surface area contributed by atoms with Gasteiger partial charge in [-0.3, -0.25) is 4.55 Å². The van der Waals surface area contributed by atoms with Gasteiger partial charge in [-0.2, -0.15) is 8.42 Å². The second-order valence-corrected chi connectivity index (χ2v) is 6.20. The van der Waals surface area contributed by atoms with Crippen molar-refractivity contribution in [2.24, 2.45) is 0 Å². The molecule has 1 rings (SSSR count). The fourth-order valence-electron chi connectivity index (χ4n) is 0.927. The van der Waals surface area contributed by atoms with E-state index in [-0.39, 0.29) is 0 Å². The van der Waals surface area contributed by atoms with Crippen LogP contribution >= 0.6 is 22.6 Å². The summed E-state index contributed by atoms with van der Waals surface area (Å²) < 4.78 is 34.4. The van der Waals surface area contributed by atoms with Gasteiger partial charge in [0, 0.05) is 0 Å². The number of methoxy groups -OCH3 is 1. The zero-order valence-corrected chi connectivity index (χ0v) is 10.3. The normalized spacial score (nSPS) is 13.6. The van der Waals surface area contributed by atoms with E-state index >= 15 is 0 Å². The molecule has 1 aromatic rings. The van der Waals surface area contributed by atoms with Crippen LogP contribution in [0.15, 0.2) is 24.3 Å². The molecule has 1 N–H and O–H groups in total. The van der Waals surface area contributed by atoms with Crippen molar-refractivity contribution in [3.05, 3.63) is 29.8 Å². The Morgan fingerprint density at radius 3 is 2.21 bits per heavy atom. The number of alkyl halides is 1. The molecule has 0 aliphatic heterocycles. The molecule has 78 valence electrons. The van der Waals surface area contributed by atoms with Crippen LogP contribution in [0.3, 0.4) is 0 Å². The Morgan fingerprint density at radius 2 is 1.86 bits per heavy atom. The Bertz CT molecular complexity index is 398. The highest BCUT2D eigenvalue weighted by Crippen LogP contribution is 2.29. The number of ether oxygens (including phenoxy) is 1. The zero-order valence-electron chi connectivity index (χ0n) is 7.34. The first-order valence-electron chi connectivity index (χ1n) is 3.69. The summed E-state index contributed by atoms with van der Waals surface area (Å²) in [5.41, 5.74) is 0.522. The molecule has 0 aromatic heterocycles. The van der Waals surface area contributed by atoms with E-state index in [1.165, 1.54) is 7.11 Å². The van der Waals surface area contributed by atoms with E-state index < -0.39 is 13.4 Å². The SMILES string of the molecule is COc1ccc(C(I)S(=O)(=O)O)cc1. The first-order chi connectivity index (χ1) is 6.45. The Balaban J connectivity index is 2.98. The fourth-order valence-corrected chi connectivity index (χ4v) is 1.84. The van der Waals surface area contributed by atoms with Crippen molar-refractivity contribution in [1.29, 1.82) is 0 Å². The molecule has 0 aliphatic rings. The molecular weight excluding hydrogens is 319 g/mol. The zero-order chi connectivity index (χ0) is 10.8. The molecule has 0 amide bonds. The summed E-state index contributed by atoms with van der Waals surface area (Å²) in [6.07, 6.45) is 0. The minimum Gasteiger partial charge on any atom is -0.497 e. The lowest BCUT2D eigenvalue weighted by Crippen LogP contribution is -2.05. The van der Waals surface area contributed by atoms with Crippen LogP contribution in [-0.4, -0.2) is 20.1 Å². The average Bonchev–Trinajstić information content (AvgIpc) is 2.15. The molecule has 1 unspecified atom stereocenters. The summed E-state index contributed by atoms with van der Waals surface area (Å²) in [6, 6.07) is 6.49. The van der Waals surface area contributed by atoms with Gasteiger partial charge in [-0.1, -0.05) is 34.7 Å². The van der Waals surface area contributed by atoms with Crippen molar-refractivity contribution in [2.45, 2.75) is 3.26 Å². The van der Waals surface area contributed by atoms with Gasteiger partial charge in [0.1, 0.15) is 5.75 Å². The standard InChI is InChI=1S/C8H9IO4S/c1-13-7-4-2-6(3-5-7)8(9)14(10,11)12/h2-5,8H,1H3,(H,10,11,12). The van der Waals surface area contributed by atoms with E-state index in [2.05, 4.69) is 0 Å². The molecule has 6 heteroatoms. The topological polar surface area (TPSA) is 63.6 Å². The number of benzene rings is 1. The lowest BCUT2D eigenvalue weighted by Gasteiger charge is -2.07. The molecule has 0 fully saturated rings. The van der Waals surface area contributed by atoms with Crippen molar-refractivity contribution in [3.8, 4) is 5.75 Å². The van der Waals surface area contributed by atoms with Gasteiger partial charge in [0.15, 0.2) is 3.26 Å². The maximum absolute atomic E-state index is 10.8. The summed E-state index contributed by atoms with van der Waals surface area (Å²) in [5.74, 6) is 0.646. The van der Waals surface area contributed by atoms with Gasteiger partial charge in [0.05, 0.1) is 7.11 Å². The molecule has 0 heterocycles. The Labute approximate surface area is 96.2 Å². The van der Waals surface area contributed by atoms with Crippen molar-refractivity contribution >= 4 is 32.7 Å². The summed E-state index contributed by atoms with van der Waals surface area (Å²) in [5, 5.41) is 0. The minimum absolute atomic E-state index is 0.522. The monoisotopic (exact) mass is 328 g/mol. The van der Waals surface area contributed by atoms with Crippen LogP contribution in [-0.2, 0) is 10.1 Å². The fraction of sp³-hybridized carbons (Fsp3) is 0.250.